The third-order valence-electron chi connectivity index (χ3n) is 1.04. The van der Waals surface area contributed by atoms with Crippen LogP contribution in [0.5, 0.6) is 0 Å². The van der Waals surface area contributed by atoms with Gasteiger partial charge in [-0.05, 0) is 13.3 Å². The minimum atomic E-state index is -1.25. The van der Waals surface area contributed by atoms with E-state index in [1.807, 2.05) is 0 Å². The van der Waals surface area contributed by atoms with Gasteiger partial charge < -0.3 is 4.74 Å². The molecule has 0 aliphatic rings. The Morgan fingerprint density at radius 1 is 1.67 bits per heavy atom. The van der Waals surface area contributed by atoms with Crippen molar-refractivity contribution in [2.75, 3.05) is 0 Å². The summed E-state index contributed by atoms with van der Waals surface area (Å²) in [5.41, 5.74) is 0. The zero-order valence-corrected chi connectivity index (χ0v) is 6.68. The molecule has 12 heavy (non-hydrogen) atoms. The Hall–Kier alpha value is -1.53. The molecule has 0 heterocycles. The first-order valence-corrected chi connectivity index (χ1v) is 3.26. The summed E-state index contributed by atoms with van der Waals surface area (Å²) in [6, 6.07) is 0. The summed E-state index contributed by atoms with van der Waals surface area (Å²) >= 11 is 0. The van der Waals surface area contributed by atoms with Crippen LogP contribution in [0, 0.1) is 10.1 Å². The number of ether oxygens (including phenoxy) is 1. The lowest BCUT2D eigenvalue weighted by Crippen LogP contribution is -2.16. The van der Waals surface area contributed by atoms with E-state index in [1.165, 1.54) is 0 Å². The highest BCUT2D eigenvalue weighted by molar-refractivity contribution is 5.59. The van der Waals surface area contributed by atoms with Crippen LogP contribution < -0.4 is 0 Å². The number of rotatable bonds is 4. The van der Waals surface area contributed by atoms with Crippen molar-refractivity contribution in [1.82, 2.24) is 0 Å². The Balaban J connectivity index is 3.53. The Morgan fingerprint density at radius 3 is 2.67 bits per heavy atom. The van der Waals surface area contributed by atoms with Gasteiger partial charge in [0.1, 0.15) is 6.10 Å². The molecule has 0 aliphatic carbocycles. The number of carbonyl (C=O) groups is 1. The van der Waals surface area contributed by atoms with Crippen molar-refractivity contribution >= 4 is 6.16 Å². The van der Waals surface area contributed by atoms with E-state index in [2.05, 4.69) is 14.6 Å². The number of hydrogen-bond acceptors (Lipinski definition) is 6. The first-order chi connectivity index (χ1) is 5.56. The second-order valence-corrected chi connectivity index (χ2v) is 1.97. The van der Waals surface area contributed by atoms with E-state index in [0.29, 0.717) is 6.42 Å². The van der Waals surface area contributed by atoms with Gasteiger partial charge in [0.05, 0.1) is 0 Å². The van der Waals surface area contributed by atoms with Gasteiger partial charge in [0, 0.05) is 0 Å². The van der Waals surface area contributed by atoms with Gasteiger partial charge >= 0.3 is 11.2 Å². The van der Waals surface area contributed by atoms with Crippen molar-refractivity contribution in [2.24, 2.45) is 0 Å². The van der Waals surface area contributed by atoms with Crippen LogP contribution in [-0.4, -0.2) is 17.3 Å². The van der Waals surface area contributed by atoms with Gasteiger partial charge in [-0.1, -0.05) is 11.9 Å². The van der Waals surface area contributed by atoms with E-state index in [9.17, 15) is 14.9 Å². The first-order valence-electron chi connectivity index (χ1n) is 3.26. The molecule has 0 aromatic rings. The molecule has 7 nitrogen and oxygen atoms in total. The van der Waals surface area contributed by atoms with E-state index in [-0.39, 0.29) is 6.10 Å². The molecule has 0 rings (SSSR count). The predicted octanol–water partition coefficient (Wildman–Crippen LogP) is 1.06. The first kappa shape index (κ1) is 10.5. The SMILES string of the molecule is CCC(C)OC(=O)OO[N+](=O)[O-]. The number of carbonyl (C=O) groups excluding carboxylic acids is 1. The van der Waals surface area contributed by atoms with E-state index in [4.69, 9.17) is 0 Å². The molecule has 7 heteroatoms. The molecule has 1 atom stereocenters. The molecule has 0 radical (unpaired) electrons. The minimum Gasteiger partial charge on any atom is -0.429 e. The third kappa shape index (κ3) is 5.27. The Kier molecular flexibility index (Phi) is 4.51. The van der Waals surface area contributed by atoms with Crippen molar-refractivity contribution in [3.05, 3.63) is 10.1 Å². The molecule has 0 aliphatic heterocycles. The van der Waals surface area contributed by atoms with Gasteiger partial charge in [0.15, 0.2) is 0 Å². The van der Waals surface area contributed by atoms with Crippen LogP contribution in [0.3, 0.4) is 0 Å². The average Bonchev–Trinajstić information content (AvgIpc) is 2.00. The molecule has 0 fully saturated rings. The quantitative estimate of drug-likeness (QED) is 0.277. The summed E-state index contributed by atoms with van der Waals surface area (Å²) in [7, 11) is 0. The zero-order valence-electron chi connectivity index (χ0n) is 6.68. The van der Waals surface area contributed by atoms with E-state index >= 15 is 0 Å². The van der Waals surface area contributed by atoms with Crippen LogP contribution in [0.25, 0.3) is 0 Å². The highest BCUT2D eigenvalue weighted by Gasteiger charge is 2.11. The molecule has 70 valence electrons. The molecular weight excluding hydrogens is 170 g/mol. The van der Waals surface area contributed by atoms with Crippen LogP contribution in [0.15, 0.2) is 0 Å². The van der Waals surface area contributed by atoms with Gasteiger partial charge in [-0.2, -0.15) is 0 Å². The molecule has 0 bridgehead atoms. The highest BCUT2D eigenvalue weighted by Crippen LogP contribution is 1.98. The highest BCUT2D eigenvalue weighted by atomic mass is 17.4. The number of nitrogens with zero attached hydrogens (tertiary/aromatic N) is 1. The van der Waals surface area contributed by atoms with E-state index < -0.39 is 11.2 Å². The second kappa shape index (κ2) is 5.16. The lowest BCUT2D eigenvalue weighted by molar-refractivity contribution is -0.840. The Morgan fingerprint density at radius 2 is 2.25 bits per heavy atom. The van der Waals surface area contributed by atoms with Gasteiger partial charge in [-0.25, -0.2) is 9.68 Å². The van der Waals surface area contributed by atoms with Crippen LogP contribution in [0.4, 0.5) is 4.79 Å². The lowest BCUT2D eigenvalue weighted by Gasteiger charge is -2.07. The fourth-order valence-electron chi connectivity index (χ4n) is 0.328. The van der Waals surface area contributed by atoms with Gasteiger partial charge in [0.2, 0.25) is 0 Å². The summed E-state index contributed by atoms with van der Waals surface area (Å²) in [4.78, 5) is 26.9. The summed E-state index contributed by atoms with van der Waals surface area (Å²) in [6.07, 6.45) is -0.984. The van der Waals surface area contributed by atoms with Crippen LogP contribution in [-0.2, 0) is 14.6 Å². The van der Waals surface area contributed by atoms with Gasteiger partial charge in [-0.15, -0.1) is 10.1 Å². The molecule has 0 amide bonds. The van der Waals surface area contributed by atoms with Gasteiger partial charge in [0.25, 0.3) is 0 Å². The van der Waals surface area contributed by atoms with Crippen molar-refractivity contribution in [2.45, 2.75) is 26.4 Å². The normalized spacial score (nSPS) is 11.5. The van der Waals surface area contributed by atoms with Crippen molar-refractivity contribution in [1.29, 1.82) is 0 Å². The maximum Gasteiger partial charge on any atom is 0.540 e. The van der Waals surface area contributed by atoms with Crippen molar-refractivity contribution in [3.8, 4) is 0 Å². The van der Waals surface area contributed by atoms with Crippen LogP contribution in [0.2, 0.25) is 0 Å². The van der Waals surface area contributed by atoms with Crippen LogP contribution in [0.1, 0.15) is 20.3 Å². The molecular formula is C5H9NO6. The predicted molar refractivity (Wildman–Crippen MR) is 35.4 cm³/mol. The zero-order chi connectivity index (χ0) is 9.56. The minimum absolute atomic E-state index is 0.354. The fourth-order valence-corrected chi connectivity index (χ4v) is 0.328. The van der Waals surface area contributed by atoms with Crippen LogP contribution >= 0.6 is 0 Å². The van der Waals surface area contributed by atoms with Crippen molar-refractivity contribution < 1.29 is 24.5 Å². The van der Waals surface area contributed by atoms with E-state index in [0.717, 1.165) is 0 Å². The molecule has 0 saturated carbocycles. The second-order valence-electron chi connectivity index (χ2n) is 1.97. The average molecular weight is 179 g/mol. The van der Waals surface area contributed by atoms with Crippen molar-refractivity contribution in [3.63, 3.8) is 0 Å². The molecule has 0 aromatic carbocycles. The molecule has 0 saturated heterocycles. The molecule has 0 N–H and O–H groups in total. The summed E-state index contributed by atoms with van der Waals surface area (Å²) in [6.45, 7) is 3.40. The third-order valence-corrected chi connectivity index (χ3v) is 1.04. The lowest BCUT2D eigenvalue weighted by atomic mass is 10.3. The topological polar surface area (TPSA) is 87.9 Å². The standard InChI is InChI=1S/C5H9NO6/c1-3-4(2)10-5(7)11-12-6(8)9/h4H,3H2,1-2H3. The number of hydrogen-bond donors (Lipinski definition) is 0. The van der Waals surface area contributed by atoms with E-state index in [1.54, 1.807) is 13.8 Å². The Bertz CT molecular complexity index is 169. The molecule has 1 unspecified atom stereocenters. The summed E-state index contributed by atoms with van der Waals surface area (Å²) in [5, 5.41) is 8.26. The summed E-state index contributed by atoms with van der Waals surface area (Å²) < 4.78 is 4.46. The maximum absolute atomic E-state index is 10.4. The fraction of sp³-hybridized carbons (Fsp3) is 0.800. The maximum atomic E-state index is 10.4. The smallest absolute Gasteiger partial charge is 0.429 e. The molecule has 0 spiro atoms. The van der Waals surface area contributed by atoms with Gasteiger partial charge in [-0.3, -0.25) is 0 Å². The summed E-state index contributed by atoms with van der Waals surface area (Å²) in [5.74, 6) is 0. The largest absolute Gasteiger partial charge is 0.540 e. The molecule has 0 aromatic heterocycles. The Labute approximate surface area is 68.2 Å². The monoisotopic (exact) mass is 179 g/mol.